The van der Waals surface area contributed by atoms with Gasteiger partial charge in [-0.1, -0.05) is 6.42 Å². The van der Waals surface area contributed by atoms with E-state index >= 15 is 0 Å². The average molecular weight is 200 g/mol. The summed E-state index contributed by atoms with van der Waals surface area (Å²) in [6.07, 6.45) is 3.41. The first-order valence-electron chi connectivity index (χ1n) is 5.14. The zero-order valence-corrected chi connectivity index (χ0v) is 8.99. The number of carboxylic acids is 1. The van der Waals surface area contributed by atoms with Gasteiger partial charge in [0.15, 0.2) is 0 Å². The highest BCUT2D eigenvalue weighted by atomic mass is 16.4. The smallest absolute Gasteiger partial charge is 0.323 e. The molecule has 0 aliphatic heterocycles. The molecule has 0 aromatic carbocycles. The van der Waals surface area contributed by atoms with Gasteiger partial charge in [0.25, 0.3) is 0 Å². The van der Waals surface area contributed by atoms with Crippen LogP contribution in [-0.4, -0.2) is 42.2 Å². The van der Waals surface area contributed by atoms with Crippen LogP contribution in [0.1, 0.15) is 25.7 Å². The van der Waals surface area contributed by atoms with E-state index in [0.29, 0.717) is 6.42 Å². The highest BCUT2D eigenvalue weighted by Gasteiger charge is 2.45. The van der Waals surface area contributed by atoms with Crippen LogP contribution in [0.5, 0.6) is 0 Å². The van der Waals surface area contributed by atoms with E-state index in [-0.39, 0.29) is 5.92 Å². The van der Waals surface area contributed by atoms with Gasteiger partial charge in [0.05, 0.1) is 0 Å². The molecule has 4 heteroatoms. The van der Waals surface area contributed by atoms with E-state index < -0.39 is 11.5 Å². The Morgan fingerprint density at radius 2 is 2.29 bits per heavy atom. The van der Waals surface area contributed by atoms with Crippen LogP contribution in [0.25, 0.3) is 0 Å². The maximum atomic E-state index is 11.0. The molecule has 0 amide bonds. The minimum Gasteiger partial charge on any atom is -0.480 e. The molecule has 2 unspecified atom stereocenters. The second kappa shape index (κ2) is 4.28. The van der Waals surface area contributed by atoms with Crippen molar-refractivity contribution in [2.24, 2.45) is 11.7 Å². The summed E-state index contributed by atoms with van der Waals surface area (Å²) in [5, 5.41) is 9.07. The summed E-state index contributed by atoms with van der Waals surface area (Å²) in [7, 11) is 3.99. The lowest BCUT2D eigenvalue weighted by Crippen LogP contribution is -2.51. The minimum atomic E-state index is -0.962. The molecule has 1 aliphatic carbocycles. The first-order valence-corrected chi connectivity index (χ1v) is 5.14. The van der Waals surface area contributed by atoms with Crippen molar-refractivity contribution in [2.45, 2.75) is 31.2 Å². The molecule has 82 valence electrons. The predicted molar refractivity (Wildman–Crippen MR) is 55.1 cm³/mol. The van der Waals surface area contributed by atoms with Crippen LogP contribution in [0, 0.1) is 5.92 Å². The van der Waals surface area contributed by atoms with Crippen LogP contribution < -0.4 is 5.73 Å². The molecule has 0 radical (unpaired) electrons. The van der Waals surface area contributed by atoms with Crippen molar-refractivity contribution in [1.29, 1.82) is 0 Å². The van der Waals surface area contributed by atoms with E-state index in [1.54, 1.807) is 0 Å². The Morgan fingerprint density at radius 3 is 2.79 bits per heavy atom. The van der Waals surface area contributed by atoms with Gasteiger partial charge in [0.1, 0.15) is 5.54 Å². The highest BCUT2D eigenvalue weighted by Crippen LogP contribution is 2.36. The lowest BCUT2D eigenvalue weighted by atomic mass is 9.85. The van der Waals surface area contributed by atoms with Crippen molar-refractivity contribution in [3.63, 3.8) is 0 Å². The molecule has 14 heavy (non-hydrogen) atoms. The topological polar surface area (TPSA) is 66.6 Å². The van der Waals surface area contributed by atoms with Crippen molar-refractivity contribution in [3.8, 4) is 0 Å². The van der Waals surface area contributed by atoms with Crippen LogP contribution in [-0.2, 0) is 4.79 Å². The van der Waals surface area contributed by atoms with Gasteiger partial charge in [-0.15, -0.1) is 0 Å². The fraction of sp³-hybridized carbons (Fsp3) is 0.900. The number of nitrogens with two attached hydrogens (primary N) is 1. The fourth-order valence-corrected chi connectivity index (χ4v) is 2.20. The summed E-state index contributed by atoms with van der Waals surface area (Å²) >= 11 is 0. The van der Waals surface area contributed by atoms with Crippen molar-refractivity contribution >= 4 is 5.97 Å². The highest BCUT2D eigenvalue weighted by molar-refractivity contribution is 5.79. The van der Waals surface area contributed by atoms with Crippen molar-refractivity contribution in [2.75, 3.05) is 20.6 Å². The standard InChI is InChI=1S/C10H20N2O2/c1-12(2)7-5-8-4-3-6-10(8,11)9(13)14/h8H,3-7,11H2,1-2H3,(H,13,14). The van der Waals surface area contributed by atoms with Crippen LogP contribution in [0.4, 0.5) is 0 Å². The maximum absolute atomic E-state index is 11.0. The van der Waals surface area contributed by atoms with Gasteiger partial charge in [-0.2, -0.15) is 0 Å². The van der Waals surface area contributed by atoms with E-state index in [1.165, 1.54) is 0 Å². The minimum absolute atomic E-state index is 0.141. The molecule has 0 saturated heterocycles. The largest absolute Gasteiger partial charge is 0.480 e. The molecule has 3 N–H and O–H groups in total. The summed E-state index contributed by atoms with van der Waals surface area (Å²) in [6, 6.07) is 0. The van der Waals surface area contributed by atoms with Crippen molar-refractivity contribution in [3.05, 3.63) is 0 Å². The number of carbonyl (C=O) groups is 1. The maximum Gasteiger partial charge on any atom is 0.323 e. The molecule has 0 bridgehead atoms. The molecular formula is C10H20N2O2. The van der Waals surface area contributed by atoms with Crippen LogP contribution in [0.3, 0.4) is 0 Å². The summed E-state index contributed by atoms with van der Waals surface area (Å²) in [5.74, 6) is -0.693. The molecule has 1 rings (SSSR count). The van der Waals surface area contributed by atoms with Crippen molar-refractivity contribution < 1.29 is 9.90 Å². The first-order chi connectivity index (χ1) is 6.47. The van der Waals surface area contributed by atoms with Crippen LogP contribution >= 0.6 is 0 Å². The van der Waals surface area contributed by atoms with Gasteiger partial charge in [-0.3, -0.25) is 4.79 Å². The van der Waals surface area contributed by atoms with Gasteiger partial charge in [0, 0.05) is 0 Å². The number of hydrogen-bond acceptors (Lipinski definition) is 3. The molecule has 0 heterocycles. The lowest BCUT2D eigenvalue weighted by molar-refractivity contribution is -0.144. The third-order valence-electron chi connectivity index (χ3n) is 3.19. The average Bonchev–Trinajstić information content (AvgIpc) is 2.45. The lowest BCUT2D eigenvalue weighted by Gasteiger charge is -2.27. The quantitative estimate of drug-likeness (QED) is 0.694. The molecule has 1 aliphatic rings. The Kier molecular flexibility index (Phi) is 3.50. The summed E-state index contributed by atoms with van der Waals surface area (Å²) in [4.78, 5) is 13.1. The molecule has 0 aromatic rings. The van der Waals surface area contributed by atoms with Gasteiger partial charge in [-0.05, 0) is 45.8 Å². The first kappa shape index (κ1) is 11.5. The second-order valence-electron chi connectivity index (χ2n) is 4.53. The number of rotatable bonds is 4. The number of carboxylic acid groups (broad SMARTS) is 1. The summed E-state index contributed by atoms with van der Waals surface area (Å²) in [5.41, 5.74) is 4.95. The molecule has 4 nitrogen and oxygen atoms in total. The molecule has 0 spiro atoms. The van der Waals surface area contributed by atoms with E-state index in [2.05, 4.69) is 4.90 Å². The number of aliphatic carboxylic acids is 1. The van der Waals surface area contributed by atoms with E-state index in [9.17, 15) is 4.79 Å². The van der Waals surface area contributed by atoms with Gasteiger partial charge in [-0.25, -0.2) is 0 Å². The molecule has 2 atom stereocenters. The van der Waals surface area contributed by atoms with Gasteiger partial charge < -0.3 is 15.7 Å². The van der Waals surface area contributed by atoms with E-state index in [1.807, 2.05) is 14.1 Å². The molecule has 1 saturated carbocycles. The SMILES string of the molecule is CN(C)CCC1CCCC1(N)C(=O)O. The number of hydrogen-bond donors (Lipinski definition) is 2. The second-order valence-corrected chi connectivity index (χ2v) is 4.53. The van der Waals surface area contributed by atoms with Gasteiger partial charge >= 0.3 is 5.97 Å². The third kappa shape index (κ3) is 2.25. The Balaban J connectivity index is 2.55. The van der Waals surface area contributed by atoms with Crippen LogP contribution in [0.2, 0.25) is 0 Å². The number of nitrogens with zero attached hydrogens (tertiary/aromatic N) is 1. The summed E-state index contributed by atoms with van der Waals surface area (Å²) < 4.78 is 0. The summed E-state index contributed by atoms with van der Waals surface area (Å²) in [6.45, 7) is 0.914. The Labute approximate surface area is 85.1 Å². The molecule has 1 fully saturated rings. The molecule has 0 aromatic heterocycles. The Hall–Kier alpha value is -0.610. The van der Waals surface area contributed by atoms with Crippen molar-refractivity contribution in [1.82, 2.24) is 4.90 Å². The van der Waals surface area contributed by atoms with Gasteiger partial charge in [0.2, 0.25) is 0 Å². The fourth-order valence-electron chi connectivity index (χ4n) is 2.20. The third-order valence-corrected chi connectivity index (χ3v) is 3.19. The zero-order valence-electron chi connectivity index (χ0n) is 8.99. The predicted octanol–water partition coefficient (Wildman–Crippen LogP) is 0.520. The Morgan fingerprint density at radius 1 is 1.64 bits per heavy atom. The zero-order chi connectivity index (χ0) is 10.8. The Bertz CT molecular complexity index is 218. The van der Waals surface area contributed by atoms with E-state index in [4.69, 9.17) is 10.8 Å². The van der Waals surface area contributed by atoms with Crippen LogP contribution in [0.15, 0.2) is 0 Å². The van der Waals surface area contributed by atoms with E-state index in [0.717, 1.165) is 25.8 Å². The normalized spacial score (nSPS) is 32.4. The molecular weight excluding hydrogens is 180 g/mol. The monoisotopic (exact) mass is 200 g/mol.